The molecule has 1 atom stereocenters. The van der Waals surface area contributed by atoms with E-state index in [0.717, 1.165) is 0 Å². The number of nitrogens with one attached hydrogen (secondary N) is 1. The average molecular weight is 249 g/mol. The van der Waals surface area contributed by atoms with Crippen molar-refractivity contribution < 1.29 is 14.3 Å². The molecule has 92 valence electrons. The van der Waals surface area contributed by atoms with Crippen LogP contribution < -0.4 is 5.32 Å². The molecule has 0 saturated carbocycles. The Kier molecular flexibility index (Phi) is 5.55. The number of alkyl halides is 1. The molecular formula is C10H17ClN2O3. The van der Waals surface area contributed by atoms with Gasteiger partial charge in [-0.15, -0.1) is 11.6 Å². The van der Waals surface area contributed by atoms with Gasteiger partial charge < -0.3 is 15.0 Å². The predicted octanol–water partition coefficient (Wildman–Crippen LogP) is -0.0212. The van der Waals surface area contributed by atoms with Crippen molar-refractivity contribution in [2.24, 2.45) is 0 Å². The lowest BCUT2D eigenvalue weighted by atomic mass is 10.2. The van der Waals surface area contributed by atoms with E-state index in [9.17, 15) is 9.59 Å². The summed E-state index contributed by atoms with van der Waals surface area (Å²) < 4.78 is 5.15. The van der Waals surface area contributed by atoms with Crippen molar-refractivity contribution in [2.75, 3.05) is 32.2 Å². The summed E-state index contributed by atoms with van der Waals surface area (Å²) in [6.07, 6.45) is 0.238. The third-order valence-electron chi connectivity index (χ3n) is 2.39. The van der Waals surface area contributed by atoms with Crippen LogP contribution in [0, 0.1) is 0 Å². The summed E-state index contributed by atoms with van der Waals surface area (Å²) >= 11 is 5.44. The first kappa shape index (κ1) is 13.3. The second-order valence-corrected chi connectivity index (χ2v) is 4.04. The average Bonchev–Trinajstić information content (AvgIpc) is 2.29. The van der Waals surface area contributed by atoms with Gasteiger partial charge in [0.2, 0.25) is 11.8 Å². The SMILES string of the molecule is CC(NC(=O)CCCl)C(=O)N1CCOCC1. The van der Waals surface area contributed by atoms with Gasteiger partial charge in [-0.05, 0) is 6.92 Å². The first-order chi connectivity index (χ1) is 7.65. The summed E-state index contributed by atoms with van der Waals surface area (Å²) in [5.41, 5.74) is 0. The maximum atomic E-state index is 11.9. The highest BCUT2D eigenvalue weighted by Crippen LogP contribution is 2.01. The van der Waals surface area contributed by atoms with Crippen LogP contribution in [-0.4, -0.2) is 54.9 Å². The zero-order valence-electron chi connectivity index (χ0n) is 9.37. The van der Waals surface area contributed by atoms with Crippen molar-refractivity contribution in [3.63, 3.8) is 0 Å². The molecule has 1 N–H and O–H groups in total. The van der Waals surface area contributed by atoms with E-state index in [4.69, 9.17) is 16.3 Å². The minimum Gasteiger partial charge on any atom is -0.378 e. The van der Waals surface area contributed by atoms with Crippen molar-refractivity contribution in [1.82, 2.24) is 10.2 Å². The van der Waals surface area contributed by atoms with Crippen molar-refractivity contribution in [3.05, 3.63) is 0 Å². The molecule has 0 aromatic carbocycles. The monoisotopic (exact) mass is 248 g/mol. The fourth-order valence-electron chi connectivity index (χ4n) is 1.52. The maximum Gasteiger partial charge on any atom is 0.245 e. The van der Waals surface area contributed by atoms with Crippen molar-refractivity contribution >= 4 is 23.4 Å². The standard InChI is InChI=1S/C10H17ClN2O3/c1-8(12-9(14)2-3-11)10(15)13-4-6-16-7-5-13/h8H,2-7H2,1H3,(H,12,14). The van der Waals surface area contributed by atoms with E-state index in [1.54, 1.807) is 11.8 Å². The lowest BCUT2D eigenvalue weighted by molar-refractivity contribution is -0.139. The third kappa shape index (κ3) is 3.98. The molecule has 1 heterocycles. The molecule has 1 unspecified atom stereocenters. The number of hydrogen-bond donors (Lipinski definition) is 1. The van der Waals surface area contributed by atoms with Crippen molar-refractivity contribution in [1.29, 1.82) is 0 Å². The van der Waals surface area contributed by atoms with E-state index in [1.165, 1.54) is 0 Å². The molecule has 0 spiro atoms. The molecule has 0 bridgehead atoms. The molecule has 2 amide bonds. The summed E-state index contributed by atoms with van der Waals surface area (Å²) in [4.78, 5) is 24.8. The zero-order chi connectivity index (χ0) is 12.0. The highest BCUT2D eigenvalue weighted by Gasteiger charge is 2.23. The largest absolute Gasteiger partial charge is 0.378 e. The highest BCUT2D eigenvalue weighted by atomic mass is 35.5. The van der Waals surface area contributed by atoms with Crippen LogP contribution in [0.3, 0.4) is 0 Å². The molecule has 0 aliphatic carbocycles. The number of halogens is 1. The van der Waals surface area contributed by atoms with E-state index in [-0.39, 0.29) is 24.1 Å². The number of morpholine rings is 1. The summed E-state index contributed by atoms with van der Waals surface area (Å²) in [7, 11) is 0. The van der Waals surface area contributed by atoms with Crippen LogP contribution in [0.2, 0.25) is 0 Å². The number of rotatable bonds is 4. The van der Waals surface area contributed by atoms with Crippen LogP contribution in [0.15, 0.2) is 0 Å². The molecule has 1 fully saturated rings. The lowest BCUT2D eigenvalue weighted by Crippen LogP contribution is -2.50. The molecule has 0 radical (unpaired) electrons. The normalized spacial score (nSPS) is 18.0. The van der Waals surface area contributed by atoms with E-state index >= 15 is 0 Å². The number of carbonyl (C=O) groups is 2. The molecule has 5 nitrogen and oxygen atoms in total. The Morgan fingerprint density at radius 1 is 1.44 bits per heavy atom. The summed E-state index contributed by atoms with van der Waals surface area (Å²) in [6.45, 7) is 4.00. The quantitative estimate of drug-likeness (QED) is 0.712. The topological polar surface area (TPSA) is 58.6 Å². The van der Waals surface area contributed by atoms with E-state index < -0.39 is 6.04 Å². The Morgan fingerprint density at radius 2 is 2.06 bits per heavy atom. The number of nitrogens with zero attached hydrogens (tertiary/aromatic N) is 1. The van der Waals surface area contributed by atoms with Gasteiger partial charge in [0.15, 0.2) is 0 Å². The summed E-state index contributed by atoms with van der Waals surface area (Å²) in [5, 5.41) is 2.62. The third-order valence-corrected chi connectivity index (χ3v) is 2.58. The van der Waals surface area contributed by atoms with Gasteiger partial charge in [0, 0.05) is 25.4 Å². The number of amides is 2. The fourth-order valence-corrected chi connectivity index (χ4v) is 1.69. The van der Waals surface area contributed by atoms with E-state index in [1.807, 2.05) is 0 Å². The first-order valence-corrected chi connectivity index (χ1v) is 5.90. The molecule has 1 saturated heterocycles. The van der Waals surface area contributed by atoms with Gasteiger partial charge in [-0.2, -0.15) is 0 Å². The lowest BCUT2D eigenvalue weighted by Gasteiger charge is -2.29. The Hall–Kier alpha value is -0.810. The molecule has 0 aromatic heterocycles. The highest BCUT2D eigenvalue weighted by molar-refractivity contribution is 6.18. The van der Waals surface area contributed by atoms with Gasteiger partial charge in [-0.25, -0.2) is 0 Å². The number of carbonyl (C=O) groups excluding carboxylic acids is 2. The fraction of sp³-hybridized carbons (Fsp3) is 0.800. The Labute approximate surface area is 100 Å². The Balaban J connectivity index is 2.37. The first-order valence-electron chi connectivity index (χ1n) is 5.37. The molecular weight excluding hydrogens is 232 g/mol. The van der Waals surface area contributed by atoms with E-state index in [2.05, 4.69) is 5.32 Å². The second kappa shape index (κ2) is 6.70. The van der Waals surface area contributed by atoms with Gasteiger partial charge in [0.1, 0.15) is 6.04 Å². The van der Waals surface area contributed by atoms with Gasteiger partial charge in [0.05, 0.1) is 13.2 Å². The van der Waals surface area contributed by atoms with Crippen LogP contribution in [0.5, 0.6) is 0 Å². The molecule has 0 aromatic rings. The molecule has 1 aliphatic rings. The summed E-state index contributed by atoms with van der Waals surface area (Å²) in [5.74, 6) is 0.0138. The predicted molar refractivity (Wildman–Crippen MR) is 60.3 cm³/mol. The van der Waals surface area contributed by atoms with Crippen LogP contribution in [0.1, 0.15) is 13.3 Å². The molecule has 6 heteroatoms. The van der Waals surface area contributed by atoms with Crippen molar-refractivity contribution in [2.45, 2.75) is 19.4 Å². The smallest absolute Gasteiger partial charge is 0.245 e. The zero-order valence-corrected chi connectivity index (χ0v) is 10.1. The minimum atomic E-state index is -0.492. The number of hydrogen-bond acceptors (Lipinski definition) is 3. The summed E-state index contributed by atoms with van der Waals surface area (Å²) in [6, 6.07) is -0.492. The van der Waals surface area contributed by atoms with Crippen molar-refractivity contribution in [3.8, 4) is 0 Å². The van der Waals surface area contributed by atoms with Gasteiger partial charge >= 0.3 is 0 Å². The maximum absolute atomic E-state index is 11.9. The Bertz CT molecular complexity index is 254. The number of ether oxygens (including phenoxy) is 1. The second-order valence-electron chi connectivity index (χ2n) is 3.67. The van der Waals surface area contributed by atoms with Crippen LogP contribution in [0.4, 0.5) is 0 Å². The van der Waals surface area contributed by atoms with Gasteiger partial charge in [-0.1, -0.05) is 0 Å². The molecule has 1 rings (SSSR count). The van der Waals surface area contributed by atoms with Gasteiger partial charge in [-0.3, -0.25) is 9.59 Å². The Morgan fingerprint density at radius 3 is 2.62 bits per heavy atom. The van der Waals surface area contributed by atoms with E-state index in [0.29, 0.717) is 26.3 Å². The van der Waals surface area contributed by atoms with Gasteiger partial charge in [0.25, 0.3) is 0 Å². The minimum absolute atomic E-state index is 0.0637. The van der Waals surface area contributed by atoms with Crippen LogP contribution in [-0.2, 0) is 14.3 Å². The molecule has 1 aliphatic heterocycles. The van der Waals surface area contributed by atoms with Crippen LogP contribution in [0.25, 0.3) is 0 Å². The molecule has 16 heavy (non-hydrogen) atoms. The van der Waals surface area contributed by atoms with Crippen LogP contribution >= 0.6 is 11.6 Å².